The average molecular weight is 204 g/mol. The van der Waals surface area contributed by atoms with E-state index in [0.717, 1.165) is 17.1 Å². The minimum Gasteiger partial charge on any atom is -0.316 e. The van der Waals surface area contributed by atoms with E-state index in [9.17, 15) is 13.2 Å². The van der Waals surface area contributed by atoms with Crippen LogP contribution in [0, 0.1) is 11.8 Å². The largest absolute Gasteiger partial charge is 0.316 e. The quantitative estimate of drug-likeness (QED) is 0.572. The maximum absolute atomic E-state index is 11.5. The molecule has 0 aliphatic carbocycles. The monoisotopic (exact) mass is 204 g/mol. The van der Waals surface area contributed by atoms with Crippen LogP contribution in [-0.4, -0.2) is 44.5 Å². The van der Waals surface area contributed by atoms with Crippen molar-refractivity contribution < 1.29 is 13.2 Å². The van der Waals surface area contributed by atoms with Crippen LogP contribution in [-0.2, 0) is 14.8 Å². The van der Waals surface area contributed by atoms with Gasteiger partial charge in [0.15, 0.2) is 0 Å². The van der Waals surface area contributed by atoms with Crippen LogP contribution in [0.1, 0.15) is 0 Å². The number of sulfonamides is 1. The number of carbonyl (C=O) groups is 1. The first-order chi connectivity index (χ1) is 6.00. The normalized spacial score (nSPS) is 33.9. The Labute approximate surface area is 77.1 Å². The number of hydrogen-bond acceptors (Lipinski definition) is 4. The molecule has 2 heterocycles. The van der Waals surface area contributed by atoms with Gasteiger partial charge in [-0.1, -0.05) is 0 Å². The van der Waals surface area contributed by atoms with Gasteiger partial charge in [0.2, 0.25) is 15.9 Å². The minimum atomic E-state index is -3.34. The first-order valence-corrected chi connectivity index (χ1v) is 6.07. The van der Waals surface area contributed by atoms with Crippen molar-refractivity contribution in [3.63, 3.8) is 0 Å². The van der Waals surface area contributed by atoms with Crippen molar-refractivity contribution in [2.24, 2.45) is 11.8 Å². The summed E-state index contributed by atoms with van der Waals surface area (Å²) in [5.41, 5.74) is 0. The molecule has 0 saturated carbocycles. The Balaban J connectivity index is 2.25. The Hall–Kier alpha value is -0.620. The number of hydrogen-bond donors (Lipinski definition) is 1. The minimum absolute atomic E-state index is 0.116. The molecule has 0 aromatic rings. The third kappa shape index (κ3) is 1.34. The Morgan fingerprint density at radius 2 is 2.15 bits per heavy atom. The van der Waals surface area contributed by atoms with Gasteiger partial charge >= 0.3 is 0 Å². The van der Waals surface area contributed by atoms with Crippen molar-refractivity contribution in [2.45, 2.75) is 0 Å². The third-order valence-electron chi connectivity index (χ3n) is 2.70. The lowest BCUT2D eigenvalue weighted by Crippen LogP contribution is -2.35. The van der Waals surface area contributed by atoms with Crippen LogP contribution in [0.5, 0.6) is 0 Å². The summed E-state index contributed by atoms with van der Waals surface area (Å²) in [6.45, 7) is 1.73. The summed E-state index contributed by atoms with van der Waals surface area (Å²) in [7, 11) is -3.34. The molecule has 0 spiro atoms. The summed E-state index contributed by atoms with van der Waals surface area (Å²) in [5.74, 6) is -0.172. The summed E-state index contributed by atoms with van der Waals surface area (Å²) < 4.78 is 23.3. The Morgan fingerprint density at radius 3 is 2.69 bits per heavy atom. The molecule has 1 amide bonds. The predicted octanol–water partition coefficient (Wildman–Crippen LogP) is -1.38. The van der Waals surface area contributed by atoms with Gasteiger partial charge in [-0.05, 0) is 0 Å². The maximum Gasteiger partial charge on any atom is 0.240 e. The van der Waals surface area contributed by atoms with Gasteiger partial charge < -0.3 is 5.32 Å². The molecule has 2 rings (SSSR count). The molecule has 2 aliphatic heterocycles. The predicted molar refractivity (Wildman–Crippen MR) is 46.4 cm³/mol. The van der Waals surface area contributed by atoms with Crippen LogP contribution in [0.2, 0.25) is 0 Å². The highest BCUT2D eigenvalue weighted by atomic mass is 32.2. The highest BCUT2D eigenvalue weighted by Crippen LogP contribution is 2.28. The second kappa shape index (κ2) is 2.68. The number of carbonyl (C=O) groups excluding carboxylic acids is 1. The van der Waals surface area contributed by atoms with E-state index < -0.39 is 10.0 Å². The third-order valence-corrected chi connectivity index (χ3v) is 3.83. The molecule has 74 valence electrons. The number of fused-ring (bicyclic) bond motifs is 1. The summed E-state index contributed by atoms with van der Waals surface area (Å²) in [5, 5.41) is 3.08. The molecule has 2 unspecified atom stereocenters. The standard InChI is InChI=1S/C7H12N2O3S/c1-13(11,12)9-4-5-2-8-3-6(5)7(9)10/h5-6,8H,2-4H2,1H3. The molecular formula is C7H12N2O3S. The summed E-state index contributed by atoms with van der Waals surface area (Å²) in [4.78, 5) is 11.5. The lowest BCUT2D eigenvalue weighted by atomic mass is 10.0. The van der Waals surface area contributed by atoms with E-state index in [4.69, 9.17) is 0 Å². The van der Waals surface area contributed by atoms with E-state index in [0.29, 0.717) is 13.1 Å². The fourth-order valence-corrected chi connectivity index (χ4v) is 2.93. The van der Waals surface area contributed by atoms with Gasteiger partial charge in [-0.3, -0.25) is 4.79 Å². The molecule has 2 aliphatic rings. The van der Waals surface area contributed by atoms with Crippen LogP contribution in [0.15, 0.2) is 0 Å². The van der Waals surface area contributed by atoms with Gasteiger partial charge in [0.1, 0.15) is 0 Å². The zero-order chi connectivity index (χ0) is 9.64. The van der Waals surface area contributed by atoms with Gasteiger partial charge in [-0.25, -0.2) is 12.7 Å². The number of nitrogens with one attached hydrogen (secondary N) is 1. The number of nitrogens with zero attached hydrogens (tertiary/aromatic N) is 1. The SMILES string of the molecule is CS(=O)(=O)N1CC2CNCC2C1=O. The topological polar surface area (TPSA) is 66.5 Å². The van der Waals surface area contributed by atoms with Gasteiger partial charge in [0.25, 0.3) is 0 Å². The summed E-state index contributed by atoms with van der Waals surface area (Å²) in [6.07, 6.45) is 1.08. The zero-order valence-corrected chi connectivity index (χ0v) is 8.17. The Bertz CT molecular complexity index is 338. The highest BCUT2D eigenvalue weighted by Gasteiger charge is 2.46. The van der Waals surface area contributed by atoms with Crippen LogP contribution in [0.3, 0.4) is 0 Å². The molecule has 0 radical (unpaired) electrons. The lowest BCUT2D eigenvalue weighted by Gasteiger charge is -2.14. The van der Waals surface area contributed by atoms with Gasteiger partial charge in [-0.15, -0.1) is 0 Å². The van der Waals surface area contributed by atoms with E-state index in [-0.39, 0.29) is 17.7 Å². The first-order valence-electron chi connectivity index (χ1n) is 4.22. The molecule has 2 saturated heterocycles. The molecule has 0 aromatic carbocycles. The molecule has 2 atom stereocenters. The van der Waals surface area contributed by atoms with Crippen molar-refractivity contribution in [2.75, 3.05) is 25.9 Å². The van der Waals surface area contributed by atoms with Crippen LogP contribution < -0.4 is 5.32 Å². The fraction of sp³-hybridized carbons (Fsp3) is 0.857. The van der Waals surface area contributed by atoms with E-state index in [1.54, 1.807) is 0 Å². The molecule has 13 heavy (non-hydrogen) atoms. The maximum atomic E-state index is 11.5. The van der Waals surface area contributed by atoms with E-state index >= 15 is 0 Å². The van der Waals surface area contributed by atoms with Crippen molar-refractivity contribution in [1.29, 1.82) is 0 Å². The molecule has 0 aromatic heterocycles. The molecule has 6 heteroatoms. The van der Waals surface area contributed by atoms with E-state index in [1.165, 1.54) is 0 Å². The second-order valence-electron chi connectivity index (χ2n) is 3.66. The summed E-state index contributed by atoms with van der Waals surface area (Å²) in [6, 6.07) is 0. The molecular weight excluding hydrogens is 192 g/mol. The van der Waals surface area contributed by atoms with Crippen molar-refractivity contribution in [3.05, 3.63) is 0 Å². The van der Waals surface area contributed by atoms with E-state index in [1.807, 2.05) is 0 Å². The van der Waals surface area contributed by atoms with Crippen LogP contribution >= 0.6 is 0 Å². The van der Waals surface area contributed by atoms with E-state index in [2.05, 4.69) is 5.32 Å². The lowest BCUT2D eigenvalue weighted by molar-refractivity contribution is -0.126. The van der Waals surface area contributed by atoms with Gasteiger partial charge in [0, 0.05) is 25.6 Å². The number of amides is 1. The van der Waals surface area contributed by atoms with Crippen LogP contribution in [0.25, 0.3) is 0 Å². The fourth-order valence-electron chi connectivity index (χ4n) is 2.00. The molecule has 1 N–H and O–H groups in total. The Morgan fingerprint density at radius 1 is 1.46 bits per heavy atom. The molecule has 2 fully saturated rings. The highest BCUT2D eigenvalue weighted by molar-refractivity contribution is 7.88. The van der Waals surface area contributed by atoms with Crippen molar-refractivity contribution >= 4 is 15.9 Å². The zero-order valence-electron chi connectivity index (χ0n) is 7.36. The van der Waals surface area contributed by atoms with Crippen LogP contribution in [0.4, 0.5) is 0 Å². The van der Waals surface area contributed by atoms with Crippen molar-refractivity contribution in [1.82, 2.24) is 9.62 Å². The molecule has 0 bridgehead atoms. The van der Waals surface area contributed by atoms with Gasteiger partial charge in [0.05, 0.1) is 12.2 Å². The smallest absolute Gasteiger partial charge is 0.240 e. The second-order valence-corrected chi connectivity index (χ2v) is 5.56. The summed E-state index contributed by atoms with van der Waals surface area (Å²) >= 11 is 0. The Kier molecular flexibility index (Phi) is 1.85. The average Bonchev–Trinajstić information content (AvgIpc) is 2.51. The van der Waals surface area contributed by atoms with Crippen molar-refractivity contribution in [3.8, 4) is 0 Å². The number of rotatable bonds is 1. The van der Waals surface area contributed by atoms with Gasteiger partial charge in [-0.2, -0.15) is 0 Å². The first kappa shape index (κ1) is 8.96. The molecule has 5 nitrogen and oxygen atoms in total.